The predicted molar refractivity (Wildman–Crippen MR) is 119 cm³/mol. The van der Waals surface area contributed by atoms with Gasteiger partial charge in [-0.3, -0.25) is 14.5 Å². The molecule has 0 spiro atoms. The van der Waals surface area contributed by atoms with Crippen molar-refractivity contribution >= 4 is 50.7 Å². The molecule has 2 saturated heterocycles. The highest BCUT2D eigenvalue weighted by atomic mass is 35.5. The summed E-state index contributed by atoms with van der Waals surface area (Å²) in [5, 5.41) is 0.954. The maximum absolute atomic E-state index is 13.1. The number of halogens is 2. The van der Waals surface area contributed by atoms with Crippen LogP contribution in [0.4, 0.5) is 5.69 Å². The molecule has 0 bridgehead atoms. The van der Waals surface area contributed by atoms with Crippen LogP contribution in [0.2, 0.25) is 10.0 Å². The average molecular weight is 482 g/mol. The second-order valence-corrected chi connectivity index (χ2v) is 10.3. The standard InChI is InChI=1S/C21H21Cl2N3O4S/c1-14-17(23)3-2-4-18(14)26-20(27)13-19(21(26)28)24-9-11-25(12-10-24)31(29,30)16-7-5-15(22)6-8-16/h2-8,19H,9-13H2,1H3/t19-/m1/s1. The lowest BCUT2D eigenvalue weighted by Crippen LogP contribution is -2.53. The first-order valence-electron chi connectivity index (χ1n) is 9.82. The number of carbonyl (C=O) groups excluding carboxylic acids is 2. The molecule has 4 rings (SSSR count). The second kappa shape index (κ2) is 8.52. The van der Waals surface area contributed by atoms with E-state index >= 15 is 0 Å². The van der Waals surface area contributed by atoms with Crippen molar-refractivity contribution in [2.24, 2.45) is 0 Å². The third kappa shape index (κ3) is 4.10. The monoisotopic (exact) mass is 481 g/mol. The molecule has 0 saturated carbocycles. The van der Waals surface area contributed by atoms with Gasteiger partial charge >= 0.3 is 0 Å². The minimum absolute atomic E-state index is 0.0642. The van der Waals surface area contributed by atoms with Crippen LogP contribution in [-0.2, 0) is 19.6 Å². The first-order chi connectivity index (χ1) is 14.7. The van der Waals surface area contributed by atoms with Crippen molar-refractivity contribution in [1.82, 2.24) is 9.21 Å². The molecule has 0 aliphatic carbocycles. The van der Waals surface area contributed by atoms with Gasteiger partial charge in [-0.15, -0.1) is 0 Å². The van der Waals surface area contributed by atoms with E-state index in [1.807, 2.05) is 4.90 Å². The van der Waals surface area contributed by atoms with Crippen molar-refractivity contribution < 1.29 is 18.0 Å². The lowest BCUT2D eigenvalue weighted by Gasteiger charge is -2.36. The van der Waals surface area contributed by atoms with E-state index in [2.05, 4.69) is 0 Å². The summed E-state index contributed by atoms with van der Waals surface area (Å²) in [7, 11) is -3.64. The number of imide groups is 1. The summed E-state index contributed by atoms with van der Waals surface area (Å²) in [4.78, 5) is 29.0. The van der Waals surface area contributed by atoms with Crippen LogP contribution in [0, 0.1) is 6.92 Å². The summed E-state index contributed by atoms with van der Waals surface area (Å²) < 4.78 is 27.1. The highest BCUT2D eigenvalue weighted by molar-refractivity contribution is 7.89. The quantitative estimate of drug-likeness (QED) is 0.627. The molecule has 2 amide bonds. The molecule has 2 heterocycles. The highest BCUT2D eigenvalue weighted by Crippen LogP contribution is 2.32. The third-order valence-electron chi connectivity index (χ3n) is 5.77. The van der Waals surface area contributed by atoms with Crippen molar-refractivity contribution in [2.75, 3.05) is 31.1 Å². The Morgan fingerprint density at radius 2 is 1.58 bits per heavy atom. The summed E-state index contributed by atoms with van der Waals surface area (Å²) in [5.41, 5.74) is 1.17. The van der Waals surface area contributed by atoms with E-state index in [-0.39, 0.29) is 36.2 Å². The Hall–Kier alpha value is -1.97. The summed E-state index contributed by atoms with van der Waals surface area (Å²) in [6, 6.07) is 10.6. The van der Waals surface area contributed by atoms with Gasteiger partial charge in [-0.1, -0.05) is 29.3 Å². The van der Waals surface area contributed by atoms with Crippen LogP contribution >= 0.6 is 23.2 Å². The smallest absolute Gasteiger partial charge is 0.251 e. The zero-order valence-corrected chi connectivity index (χ0v) is 19.1. The van der Waals surface area contributed by atoms with Gasteiger partial charge in [0.05, 0.1) is 23.0 Å². The molecule has 31 heavy (non-hydrogen) atoms. The van der Waals surface area contributed by atoms with Gasteiger partial charge in [0, 0.05) is 36.2 Å². The molecule has 1 atom stereocenters. The Kier molecular flexibility index (Phi) is 6.11. The van der Waals surface area contributed by atoms with Crippen LogP contribution in [0.15, 0.2) is 47.4 Å². The lowest BCUT2D eigenvalue weighted by atomic mass is 10.1. The van der Waals surface area contributed by atoms with Crippen molar-refractivity contribution in [2.45, 2.75) is 24.3 Å². The fourth-order valence-electron chi connectivity index (χ4n) is 4.00. The normalized spacial score (nSPS) is 21.1. The Morgan fingerprint density at radius 3 is 2.23 bits per heavy atom. The van der Waals surface area contributed by atoms with Gasteiger partial charge in [0.2, 0.25) is 15.9 Å². The molecule has 0 unspecified atom stereocenters. The Bertz CT molecular complexity index is 1130. The maximum Gasteiger partial charge on any atom is 0.251 e. The number of anilines is 1. The van der Waals surface area contributed by atoms with Crippen LogP contribution in [-0.4, -0.2) is 61.7 Å². The molecule has 2 aliphatic rings. The van der Waals surface area contributed by atoms with E-state index in [0.29, 0.717) is 34.4 Å². The van der Waals surface area contributed by atoms with Crippen molar-refractivity contribution in [3.63, 3.8) is 0 Å². The summed E-state index contributed by atoms with van der Waals surface area (Å²) in [6.07, 6.45) is 0.0642. The van der Waals surface area contributed by atoms with E-state index in [1.54, 1.807) is 37.3 Å². The van der Waals surface area contributed by atoms with Crippen LogP contribution in [0.3, 0.4) is 0 Å². The number of sulfonamides is 1. The number of rotatable bonds is 4. The number of hydrogen-bond acceptors (Lipinski definition) is 5. The number of piperazine rings is 1. The summed E-state index contributed by atoms with van der Waals surface area (Å²) >= 11 is 12.0. The Balaban J connectivity index is 1.47. The van der Waals surface area contributed by atoms with Crippen LogP contribution in [0.25, 0.3) is 0 Å². The lowest BCUT2D eigenvalue weighted by molar-refractivity contribution is -0.123. The number of nitrogens with zero attached hydrogens (tertiary/aromatic N) is 3. The highest BCUT2D eigenvalue weighted by Gasteiger charge is 2.44. The van der Waals surface area contributed by atoms with Crippen LogP contribution in [0.1, 0.15) is 12.0 Å². The average Bonchev–Trinajstić information content (AvgIpc) is 3.04. The molecule has 164 valence electrons. The van der Waals surface area contributed by atoms with E-state index in [9.17, 15) is 18.0 Å². The number of carbonyl (C=O) groups is 2. The molecule has 2 aromatic rings. The zero-order chi connectivity index (χ0) is 22.3. The van der Waals surface area contributed by atoms with Crippen LogP contribution in [0.5, 0.6) is 0 Å². The minimum Gasteiger partial charge on any atom is -0.289 e. The third-order valence-corrected chi connectivity index (χ3v) is 8.34. The summed E-state index contributed by atoms with van der Waals surface area (Å²) in [6.45, 7) is 2.96. The topological polar surface area (TPSA) is 78.0 Å². The molecule has 0 radical (unpaired) electrons. The SMILES string of the molecule is Cc1c(Cl)cccc1N1C(=O)C[C@@H](N2CCN(S(=O)(=O)c3ccc(Cl)cc3)CC2)C1=O. The fourth-order valence-corrected chi connectivity index (χ4v) is 5.72. The molecule has 2 fully saturated rings. The van der Waals surface area contributed by atoms with E-state index in [4.69, 9.17) is 23.2 Å². The van der Waals surface area contributed by atoms with Gasteiger partial charge in [-0.05, 0) is 48.9 Å². The van der Waals surface area contributed by atoms with Gasteiger partial charge in [0.15, 0.2) is 0 Å². The number of amides is 2. The van der Waals surface area contributed by atoms with E-state index < -0.39 is 16.1 Å². The van der Waals surface area contributed by atoms with Gasteiger partial charge < -0.3 is 0 Å². The maximum atomic E-state index is 13.1. The molecular weight excluding hydrogens is 461 g/mol. The van der Waals surface area contributed by atoms with Gasteiger partial charge in [0.1, 0.15) is 0 Å². The second-order valence-electron chi connectivity index (χ2n) is 7.57. The minimum atomic E-state index is -3.64. The van der Waals surface area contributed by atoms with Crippen molar-refractivity contribution in [3.05, 3.63) is 58.1 Å². The zero-order valence-electron chi connectivity index (χ0n) is 16.8. The Morgan fingerprint density at radius 1 is 0.935 bits per heavy atom. The number of hydrogen-bond donors (Lipinski definition) is 0. The molecule has 7 nitrogen and oxygen atoms in total. The first-order valence-corrected chi connectivity index (χ1v) is 12.0. The van der Waals surface area contributed by atoms with Crippen LogP contribution < -0.4 is 4.90 Å². The molecular formula is C21H21Cl2N3O4S. The molecule has 2 aliphatic heterocycles. The summed E-state index contributed by atoms with van der Waals surface area (Å²) in [5.74, 6) is -0.582. The van der Waals surface area contributed by atoms with Gasteiger partial charge in [-0.2, -0.15) is 4.31 Å². The molecule has 2 aromatic carbocycles. The predicted octanol–water partition coefficient (Wildman–Crippen LogP) is 2.94. The fraction of sp³-hybridized carbons (Fsp3) is 0.333. The first kappa shape index (κ1) is 22.2. The largest absolute Gasteiger partial charge is 0.289 e. The van der Waals surface area contributed by atoms with Gasteiger partial charge in [-0.25, -0.2) is 13.3 Å². The van der Waals surface area contributed by atoms with E-state index in [0.717, 1.165) is 0 Å². The van der Waals surface area contributed by atoms with Crippen molar-refractivity contribution in [3.8, 4) is 0 Å². The Labute approximate surface area is 191 Å². The van der Waals surface area contributed by atoms with Crippen molar-refractivity contribution in [1.29, 1.82) is 0 Å². The van der Waals surface area contributed by atoms with E-state index in [1.165, 1.54) is 21.3 Å². The molecule has 0 N–H and O–H groups in total. The molecule has 10 heteroatoms. The molecule has 0 aromatic heterocycles. The van der Waals surface area contributed by atoms with Gasteiger partial charge in [0.25, 0.3) is 5.91 Å². The number of benzene rings is 2.